The molecule has 0 bridgehead atoms. The van der Waals surface area contributed by atoms with Crippen LogP contribution in [0.5, 0.6) is 0 Å². The van der Waals surface area contributed by atoms with Crippen molar-refractivity contribution >= 4 is 48.0 Å². The molecule has 2 N–H and O–H groups in total. The highest BCUT2D eigenvalue weighted by Gasteiger charge is 2.51. The number of amides is 2. The number of benzene rings is 1. The minimum Gasteiger partial charge on any atom is -0.443 e. The molecular formula is C22H30BN3O6S. The van der Waals surface area contributed by atoms with Gasteiger partial charge in [0.1, 0.15) is 11.9 Å². The lowest BCUT2D eigenvalue weighted by molar-refractivity contribution is 0.00578. The first-order valence-corrected chi connectivity index (χ1v) is 11.7. The lowest BCUT2D eigenvalue weighted by Crippen LogP contribution is -2.41. The first-order chi connectivity index (χ1) is 15.2. The van der Waals surface area contributed by atoms with Gasteiger partial charge in [0, 0.05) is 4.90 Å². The number of anilines is 2. The van der Waals surface area contributed by atoms with Gasteiger partial charge in [-0.25, -0.2) is 10.1 Å². The standard InChI is InChI=1S/C22H30BN3O6S/c1-20(2,3)30-19(28)26-18-25-15(12-29-18)17(27)24-14-11-13(9-10-16(14)33-8)23-31-21(4,5)22(6,7)32-23/h9-12H,1-8H3,(H,24,27)(H,25,26,28). The molecule has 0 saturated carbocycles. The van der Waals surface area contributed by atoms with Gasteiger partial charge in [-0.1, -0.05) is 6.07 Å². The second-order valence-electron chi connectivity index (χ2n) is 9.67. The van der Waals surface area contributed by atoms with Crippen molar-refractivity contribution in [3.63, 3.8) is 0 Å². The zero-order valence-electron chi connectivity index (χ0n) is 20.2. The predicted octanol–water partition coefficient (Wildman–Crippen LogP) is 4.30. The van der Waals surface area contributed by atoms with Crippen LogP contribution >= 0.6 is 11.8 Å². The molecule has 9 nitrogen and oxygen atoms in total. The molecule has 1 aromatic heterocycles. The number of nitrogens with one attached hydrogen (secondary N) is 2. The molecule has 0 spiro atoms. The van der Waals surface area contributed by atoms with E-state index in [-0.39, 0.29) is 11.7 Å². The van der Waals surface area contributed by atoms with Crippen molar-refractivity contribution in [2.24, 2.45) is 0 Å². The van der Waals surface area contributed by atoms with Crippen molar-refractivity contribution in [1.29, 1.82) is 0 Å². The Bertz CT molecular complexity index is 1030. The van der Waals surface area contributed by atoms with E-state index in [1.807, 2.05) is 52.1 Å². The normalized spacial score (nSPS) is 17.0. The van der Waals surface area contributed by atoms with Crippen LogP contribution in [0.3, 0.4) is 0 Å². The first-order valence-electron chi connectivity index (χ1n) is 10.5. The van der Waals surface area contributed by atoms with Gasteiger partial charge in [-0.3, -0.25) is 4.79 Å². The second-order valence-corrected chi connectivity index (χ2v) is 10.5. The highest BCUT2D eigenvalue weighted by atomic mass is 32.2. The first kappa shape index (κ1) is 25.1. The van der Waals surface area contributed by atoms with Crippen molar-refractivity contribution in [3.8, 4) is 0 Å². The molecule has 11 heteroatoms. The summed E-state index contributed by atoms with van der Waals surface area (Å²) in [6.45, 7) is 13.2. The van der Waals surface area contributed by atoms with Crippen molar-refractivity contribution < 1.29 is 28.1 Å². The van der Waals surface area contributed by atoms with E-state index in [0.29, 0.717) is 5.69 Å². The minimum atomic E-state index is -0.726. The van der Waals surface area contributed by atoms with E-state index in [1.54, 1.807) is 20.8 Å². The Labute approximate surface area is 198 Å². The zero-order chi connectivity index (χ0) is 24.6. The van der Waals surface area contributed by atoms with Gasteiger partial charge in [0.25, 0.3) is 5.91 Å². The Balaban J connectivity index is 1.74. The largest absolute Gasteiger partial charge is 0.494 e. The van der Waals surface area contributed by atoms with Crippen LogP contribution in [0.15, 0.2) is 33.8 Å². The Morgan fingerprint density at radius 1 is 1.09 bits per heavy atom. The number of carbonyl (C=O) groups excluding carboxylic acids is 2. The van der Waals surface area contributed by atoms with Crippen molar-refractivity contribution in [2.45, 2.75) is 70.2 Å². The lowest BCUT2D eigenvalue weighted by atomic mass is 9.79. The maximum absolute atomic E-state index is 12.8. The van der Waals surface area contributed by atoms with Crippen molar-refractivity contribution in [2.75, 3.05) is 16.9 Å². The SMILES string of the molecule is CSc1ccc(B2OC(C)(C)C(C)(C)O2)cc1NC(=O)c1coc(NC(=O)OC(C)(C)C)n1. The molecule has 0 unspecified atom stereocenters. The van der Waals surface area contributed by atoms with Crippen LogP contribution in [0.2, 0.25) is 0 Å². The number of oxazole rings is 1. The minimum absolute atomic E-state index is 0.00847. The molecule has 0 aliphatic carbocycles. The summed E-state index contributed by atoms with van der Waals surface area (Å²) < 4.78 is 22.6. The molecule has 33 heavy (non-hydrogen) atoms. The molecular weight excluding hydrogens is 445 g/mol. The maximum atomic E-state index is 12.8. The summed E-state index contributed by atoms with van der Waals surface area (Å²) in [5.74, 6) is -0.489. The van der Waals surface area contributed by atoms with Gasteiger partial charge in [-0.2, -0.15) is 4.98 Å². The smallest absolute Gasteiger partial charge is 0.443 e. The molecule has 3 rings (SSSR count). The number of carbonyl (C=O) groups is 2. The van der Waals surface area contributed by atoms with Gasteiger partial charge in [0.15, 0.2) is 5.69 Å². The average molecular weight is 475 g/mol. The number of rotatable bonds is 5. The third-order valence-corrected chi connectivity index (χ3v) is 6.14. The summed E-state index contributed by atoms with van der Waals surface area (Å²) in [7, 11) is -0.557. The lowest BCUT2D eigenvalue weighted by Gasteiger charge is -2.32. The highest BCUT2D eigenvalue weighted by Crippen LogP contribution is 2.37. The van der Waals surface area contributed by atoms with Crippen LogP contribution in [0.4, 0.5) is 16.5 Å². The number of hydrogen-bond acceptors (Lipinski definition) is 8. The molecule has 1 aromatic carbocycles. The second kappa shape index (κ2) is 9.04. The average Bonchev–Trinajstić information content (AvgIpc) is 3.21. The molecule has 2 aromatic rings. The van der Waals surface area contributed by atoms with Gasteiger partial charge in [0.2, 0.25) is 0 Å². The summed E-state index contributed by atoms with van der Waals surface area (Å²) in [5, 5.41) is 5.22. The fourth-order valence-corrected chi connectivity index (χ4v) is 3.50. The molecule has 2 heterocycles. The van der Waals surface area contributed by atoms with Gasteiger partial charge in [-0.05, 0) is 72.3 Å². The third-order valence-electron chi connectivity index (χ3n) is 5.34. The summed E-state index contributed by atoms with van der Waals surface area (Å²) in [5.41, 5.74) is -0.241. The number of nitrogens with zero attached hydrogens (tertiary/aromatic N) is 1. The fraction of sp³-hybridized carbons (Fsp3) is 0.500. The molecule has 178 valence electrons. The quantitative estimate of drug-likeness (QED) is 0.487. The predicted molar refractivity (Wildman–Crippen MR) is 128 cm³/mol. The monoisotopic (exact) mass is 475 g/mol. The zero-order valence-corrected chi connectivity index (χ0v) is 21.0. The van der Waals surface area contributed by atoms with E-state index in [2.05, 4.69) is 15.6 Å². The topological polar surface area (TPSA) is 112 Å². The summed E-state index contributed by atoms with van der Waals surface area (Å²) >= 11 is 1.49. The van der Waals surface area contributed by atoms with E-state index in [0.717, 1.165) is 10.4 Å². The highest BCUT2D eigenvalue weighted by molar-refractivity contribution is 7.98. The summed E-state index contributed by atoms with van der Waals surface area (Å²) in [6, 6.07) is 5.51. The molecule has 1 fully saturated rings. The summed E-state index contributed by atoms with van der Waals surface area (Å²) in [4.78, 5) is 29.6. The number of thioether (sulfide) groups is 1. The number of aromatic nitrogens is 1. The number of hydrogen-bond donors (Lipinski definition) is 2. The van der Waals surface area contributed by atoms with Crippen LogP contribution in [0.1, 0.15) is 59.0 Å². The van der Waals surface area contributed by atoms with E-state index in [9.17, 15) is 9.59 Å². The van der Waals surface area contributed by atoms with Crippen LogP contribution in [0, 0.1) is 0 Å². The van der Waals surface area contributed by atoms with Crippen LogP contribution in [-0.4, -0.2) is 47.2 Å². The van der Waals surface area contributed by atoms with E-state index in [1.165, 1.54) is 18.0 Å². The summed E-state index contributed by atoms with van der Waals surface area (Å²) in [6.07, 6.45) is 2.35. The van der Waals surface area contributed by atoms with Crippen LogP contribution in [-0.2, 0) is 14.0 Å². The molecule has 1 aliphatic rings. The Hall–Kier alpha value is -2.50. The molecule has 2 amide bonds. The maximum Gasteiger partial charge on any atom is 0.494 e. The van der Waals surface area contributed by atoms with E-state index in [4.69, 9.17) is 18.5 Å². The molecule has 1 saturated heterocycles. The van der Waals surface area contributed by atoms with Gasteiger partial charge >= 0.3 is 19.2 Å². The Kier molecular flexibility index (Phi) is 6.88. The van der Waals surface area contributed by atoms with E-state index >= 15 is 0 Å². The van der Waals surface area contributed by atoms with E-state index < -0.39 is 35.9 Å². The Morgan fingerprint density at radius 2 is 1.73 bits per heavy atom. The van der Waals surface area contributed by atoms with Crippen molar-refractivity contribution in [3.05, 3.63) is 30.2 Å². The molecule has 0 radical (unpaired) electrons. The van der Waals surface area contributed by atoms with Gasteiger partial charge in [0.05, 0.1) is 16.9 Å². The Morgan fingerprint density at radius 3 is 2.30 bits per heavy atom. The number of ether oxygens (including phenoxy) is 1. The van der Waals surface area contributed by atoms with Crippen LogP contribution < -0.4 is 16.1 Å². The van der Waals surface area contributed by atoms with Crippen LogP contribution in [0.25, 0.3) is 0 Å². The molecule has 0 atom stereocenters. The van der Waals surface area contributed by atoms with Gasteiger partial charge in [-0.15, -0.1) is 11.8 Å². The van der Waals surface area contributed by atoms with Crippen molar-refractivity contribution in [1.82, 2.24) is 4.98 Å². The van der Waals surface area contributed by atoms with Gasteiger partial charge < -0.3 is 23.8 Å². The fourth-order valence-electron chi connectivity index (χ4n) is 2.96. The molecule has 1 aliphatic heterocycles. The third kappa shape index (κ3) is 5.90.